The molecule has 7 heteroatoms. The molecule has 1 rings (SSSR count). The van der Waals surface area contributed by atoms with Crippen LogP contribution in [0.4, 0.5) is 5.95 Å². The summed E-state index contributed by atoms with van der Waals surface area (Å²) >= 11 is 0. The number of aromatic amines is 1. The number of nitrogens with one attached hydrogen (secondary N) is 2. The molecule has 1 aromatic rings. The Balaban J connectivity index is 2.86. The summed E-state index contributed by atoms with van der Waals surface area (Å²) in [4.78, 5) is 27.5. The van der Waals surface area contributed by atoms with Crippen LogP contribution < -0.4 is 16.1 Å². The summed E-state index contributed by atoms with van der Waals surface area (Å²) in [6.45, 7) is 2.89. The molecular weight excluding hydrogens is 200 g/mol. The summed E-state index contributed by atoms with van der Waals surface area (Å²) in [6.07, 6.45) is 0. The first-order chi connectivity index (χ1) is 6.99. The molecular formula is C8H9N4O3-. The van der Waals surface area contributed by atoms with Gasteiger partial charge in [-0.05, 0) is 13.8 Å². The van der Waals surface area contributed by atoms with Crippen LogP contribution in [-0.2, 0) is 4.79 Å². The van der Waals surface area contributed by atoms with E-state index in [0.29, 0.717) is 5.69 Å². The molecule has 0 aromatic carbocycles. The van der Waals surface area contributed by atoms with Gasteiger partial charge in [-0.2, -0.15) is 5.10 Å². The Morgan fingerprint density at radius 3 is 2.87 bits per heavy atom. The number of hydrogen-bond donors (Lipinski definition) is 2. The Morgan fingerprint density at radius 2 is 2.33 bits per heavy atom. The van der Waals surface area contributed by atoms with Crippen LogP contribution in [-0.4, -0.2) is 21.6 Å². The van der Waals surface area contributed by atoms with Crippen LogP contribution in [0.25, 0.3) is 0 Å². The number of H-pyrrole nitrogens is 1. The zero-order valence-corrected chi connectivity index (χ0v) is 8.20. The van der Waals surface area contributed by atoms with Crippen molar-refractivity contribution in [1.82, 2.24) is 9.97 Å². The highest BCUT2D eigenvalue weighted by atomic mass is 16.4. The van der Waals surface area contributed by atoms with Gasteiger partial charge in [0, 0.05) is 11.8 Å². The summed E-state index contributed by atoms with van der Waals surface area (Å²) in [5.74, 6) is -1.31. The lowest BCUT2D eigenvalue weighted by atomic mass is 10.4. The van der Waals surface area contributed by atoms with Gasteiger partial charge < -0.3 is 9.90 Å². The Bertz CT molecular complexity index is 463. The molecule has 80 valence electrons. The second-order valence-electron chi connectivity index (χ2n) is 2.83. The van der Waals surface area contributed by atoms with Crippen LogP contribution in [0.1, 0.15) is 12.6 Å². The van der Waals surface area contributed by atoms with Crippen molar-refractivity contribution in [2.45, 2.75) is 13.8 Å². The van der Waals surface area contributed by atoms with Gasteiger partial charge in [0.1, 0.15) is 0 Å². The topological polar surface area (TPSA) is 110 Å². The van der Waals surface area contributed by atoms with Gasteiger partial charge in [-0.25, -0.2) is 10.4 Å². The first-order valence-corrected chi connectivity index (χ1v) is 4.08. The minimum Gasteiger partial charge on any atom is -0.543 e. The molecule has 0 aliphatic carbocycles. The zero-order chi connectivity index (χ0) is 11.4. The maximum Gasteiger partial charge on any atom is 0.252 e. The summed E-state index contributed by atoms with van der Waals surface area (Å²) in [7, 11) is 0. The van der Waals surface area contributed by atoms with Crippen LogP contribution in [0.2, 0.25) is 0 Å². The number of nitrogens with zero attached hydrogens (tertiary/aromatic N) is 2. The number of carboxylic acid groups (broad SMARTS) is 1. The maximum absolute atomic E-state index is 11.0. The molecule has 7 nitrogen and oxygen atoms in total. The summed E-state index contributed by atoms with van der Waals surface area (Å²) < 4.78 is 0. The van der Waals surface area contributed by atoms with Crippen molar-refractivity contribution < 1.29 is 9.90 Å². The van der Waals surface area contributed by atoms with Gasteiger partial charge in [0.25, 0.3) is 5.56 Å². The molecule has 0 spiro atoms. The van der Waals surface area contributed by atoms with Crippen molar-refractivity contribution in [2.75, 3.05) is 5.43 Å². The molecule has 0 atom stereocenters. The number of aliphatic carboxylic acids is 1. The Labute approximate surface area is 84.9 Å². The van der Waals surface area contributed by atoms with E-state index < -0.39 is 5.97 Å². The van der Waals surface area contributed by atoms with Gasteiger partial charge in [0.2, 0.25) is 5.95 Å². The second-order valence-corrected chi connectivity index (χ2v) is 2.83. The van der Waals surface area contributed by atoms with Crippen molar-refractivity contribution in [3.8, 4) is 0 Å². The first kappa shape index (κ1) is 10.9. The molecule has 2 N–H and O–H groups in total. The fraction of sp³-hybridized carbons (Fsp3) is 0.250. The van der Waals surface area contributed by atoms with E-state index in [-0.39, 0.29) is 17.2 Å². The smallest absolute Gasteiger partial charge is 0.252 e. The third kappa shape index (κ3) is 3.22. The Morgan fingerprint density at radius 1 is 1.67 bits per heavy atom. The third-order valence-electron chi connectivity index (χ3n) is 1.49. The highest BCUT2D eigenvalue weighted by Crippen LogP contribution is 1.95. The maximum atomic E-state index is 11.0. The SMILES string of the molecule is C/C(=N\Nc1nc(C)cc(=O)[nH]1)C(=O)[O-]. The van der Waals surface area contributed by atoms with Gasteiger partial charge in [0.05, 0.1) is 11.7 Å². The average Bonchev–Trinajstić information content (AvgIpc) is 2.12. The number of rotatable bonds is 3. The first-order valence-electron chi connectivity index (χ1n) is 4.08. The quantitative estimate of drug-likeness (QED) is 0.470. The zero-order valence-electron chi connectivity index (χ0n) is 8.20. The van der Waals surface area contributed by atoms with Gasteiger partial charge in [-0.15, -0.1) is 0 Å². The number of aryl methyl sites for hydroxylation is 1. The highest BCUT2D eigenvalue weighted by Gasteiger charge is 1.96. The molecule has 0 unspecified atom stereocenters. The molecule has 0 aliphatic heterocycles. The Hall–Kier alpha value is -2.18. The minimum absolute atomic E-state index is 0.0839. The van der Waals surface area contributed by atoms with Crippen LogP contribution in [0.15, 0.2) is 16.0 Å². The van der Waals surface area contributed by atoms with Crippen molar-refractivity contribution in [1.29, 1.82) is 0 Å². The standard InChI is InChI=1S/C8H10N4O3/c1-4-3-6(13)10-8(9-4)12-11-5(2)7(14)15/h3H,1-2H3,(H,14,15)(H2,9,10,12,13)/p-1/b11-5+. The van der Waals surface area contributed by atoms with Crippen molar-refractivity contribution in [2.24, 2.45) is 5.10 Å². The van der Waals surface area contributed by atoms with Crippen LogP contribution >= 0.6 is 0 Å². The van der Waals surface area contributed by atoms with Crippen LogP contribution in [0.5, 0.6) is 0 Å². The number of hydrazone groups is 1. The van der Waals surface area contributed by atoms with E-state index in [9.17, 15) is 14.7 Å². The molecule has 0 aliphatic rings. The largest absolute Gasteiger partial charge is 0.543 e. The number of carbonyl (C=O) groups excluding carboxylic acids is 1. The summed E-state index contributed by atoms with van der Waals surface area (Å²) in [6, 6.07) is 1.31. The third-order valence-corrected chi connectivity index (χ3v) is 1.49. The lowest BCUT2D eigenvalue weighted by molar-refractivity contribution is -0.294. The minimum atomic E-state index is -1.39. The Kier molecular flexibility index (Phi) is 3.17. The fourth-order valence-corrected chi connectivity index (χ4v) is 0.814. The van der Waals surface area contributed by atoms with Crippen molar-refractivity contribution >= 4 is 17.6 Å². The summed E-state index contributed by atoms with van der Waals surface area (Å²) in [5.41, 5.74) is 2.23. The van der Waals surface area contributed by atoms with E-state index in [4.69, 9.17) is 0 Å². The number of anilines is 1. The van der Waals surface area contributed by atoms with Crippen molar-refractivity contribution in [3.63, 3.8) is 0 Å². The fourth-order valence-electron chi connectivity index (χ4n) is 0.814. The van der Waals surface area contributed by atoms with E-state index in [0.717, 1.165) is 0 Å². The molecule has 15 heavy (non-hydrogen) atoms. The monoisotopic (exact) mass is 209 g/mol. The number of carboxylic acids is 1. The van der Waals surface area contributed by atoms with E-state index in [2.05, 4.69) is 20.5 Å². The molecule has 0 bridgehead atoms. The number of carbonyl (C=O) groups is 1. The lowest BCUT2D eigenvalue weighted by Crippen LogP contribution is -2.30. The molecule has 0 saturated carbocycles. The molecule has 0 radical (unpaired) electrons. The second kappa shape index (κ2) is 4.36. The van der Waals surface area contributed by atoms with Gasteiger partial charge in [-0.1, -0.05) is 0 Å². The van der Waals surface area contributed by atoms with Crippen molar-refractivity contribution in [3.05, 3.63) is 22.1 Å². The van der Waals surface area contributed by atoms with E-state index in [1.165, 1.54) is 13.0 Å². The normalized spacial score (nSPS) is 11.2. The lowest BCUT2D eigenvalue weighted by Gasteiger charge is -2.03. The predicted octanol–water partition coefficient (Wildman–Crippen LogP) is -1.38. The van der Waals surface area contributed by atoms with E-state index in [1.54, 1.807) is 6.92 Å². The molecule has 0 saturated heterocycles. The van der Waals surface area contributed by atoms with Gasteiger partial charge in [0.15, 0.2) is 0 Å². The van der Waals surface area contributed by atoms with Gasteiger partial charge >= 0.3 is 0 Å². The molecule has 1 heterocycles. The van der Waals surface area contributed by atoms with Crippen LogP contribution in [0.3, 0.4) is 0 Å². The van der Waals surface area contributed by atoms with E-state index >= 15 is 0 Å². The molecule has 0 amide bonds. The van der Waals surface area contributed by atoms with Gasteiger partial charge in [-0.3, -0.25) is 9.78 Å². The number of hydrogen-bond acceptors (Lipinski definition) is 6. The van der Waals surface area contributed by atoms with Crippen LogP contribution in [0, 0.1) is 6.92 Å². The molecule has 1 aromatic heterocycles. The van der Waals surface area contributed by atoms with E-state index in [1.807, 2.05) is 0 Å². The number of aromatic nitrogens is 2. The predicted molar refractivity (Wildman–Crippen MR) is 51.3 cm³/mol. The average molecular weight is 209 g/mol. The highest BCUT2D eigenvalue weighted by molar-refractivity contribution is 6.33. The molecule has 0 fully saturated rings. The summed E-state index contributed by atoms with van der Waals surface area (Å²) in [5, 5.41) is 13.7.